The molecule has 8 heteroatoms. The molecule has 3 aliphatic heterocycles. The fraction of sp³-hybridized carbons (Fsp3) is 0.407. The van der Waals surface area contributed by atoms with E-state index in [0.717, 1.165) is 46.3 Å². The van der Waals surface area contributed by atoms with Gasteiger partial charge < -0.3 is 4.90 Å². The average molecular weight is 698 g/mol. The molecule has 3 heterocycles. The Hall–Kier alpha value is -1.53. The molecule has 0 radical (unpaired) electrons. The van der Waals surface area contributed by atoms with Gasteiger partial charge in [-0.2, -0.15) is 0 Å². The van der Waals surface area contributed by atoms with Crippen LogP contribution in [-0.2, 0) is 17.9 Å². The third-order valence-electron chi connectivity index (χ3n) is 6.92. The van der Waals surface area contributed by atoms with Crippen LogP contribution in [0.25, 0.3) is 0 Å². The fourth-order valence-electron chi connectivity index (χ4n) is 5.20. The second kappa shape index (κ2) is 10.5. The van der Waals surface area contributed by atoms with Gasteiger partial charge in [-0.3, -0.25) is 14.6 Å². The first-order chi connectivity index (χ1) is 16.8. The highest BCUT2D eigenvalue weighted by atomic mass is 127. The first-order valence-electron chi connectivity index (χ1n) is 12.1. The molecule has 0 spiro atoms. The van der Waals surface area contributed by atoms with Crippen LogP contribution in [0.2, 0.25) is 0 Å². The summed E-state index contributed by atoms with van der Waals surface area (Å²) in [6.07, 6.45) is 1.98. The van der Waals surface area contributed by atoms with Crippen LogP contribution in [0.3, 0.4) is 0 Å². The molecule has 0 saturated carbocycles. The maximum absolute atomic E-state index is 15.7. The Morgan fingerprint density at radius 2 is 1.63 bits per heavy atom. The van der Waals surface area contributed by atoms with E-state index in [-0.39, 0.29) is 19.0 Å². The molecule has 0 aliphatic carbocycles. The molecule has 0 N–H and O–H groups in total. The number of fused-ring (bicyclic) bond motifs is 2. The molecule has 3 aliphatic rings. The van der Waals surface area contributed by atoms with Gasteiger partial charge in [-0.15, -0.1) is 0 Å². The molecule has 2 aromatic carbocycles. The fourth-order valence-corrected chi connectivity index (χ4v) is 5.92. The lowest BCUT2D eigenvalue weighted by atomic mass is 9.94. The van der Waals surface area contributed by atoms with Gasteiger partial charge in [-0.1, -0.05) is 37.6 Å². The Morgan fingerprint density at radius 1 is 1.00 bits per heavy atom. The number of rotatable bonds is 6. The Labute approximate surface area is 233 Å². The number of hydrogen-bond acceptors (Lipinski definition) is 4. The zero-order valence-electron chi connectivity index (χ0n) is 19.8. The second-order valence-electron chi connectivity index (χ2n) is 9.63. The number of hydrogen-bond donors (Lipinski definition) is 0. The molecule has 1 atom stereocenters. The Balaban J connectivity index is 1.46. The van der Waals surface area contributed by atoms with Gasteiger partial charge in [0.1, 0.15) is 5.67 Å². The van der Waals surface area contributed by atoms with E-state index >= 15 is 4.39 Å². The van der Waals surface area contributed by atoms with E-state index in [0.29, 0.717) is 25.5 Å². The largest absolute Gasteiger partial charge is 0.312 e. The summed E-state index contributed by atoms with van der Waals surface area (Å²) in [6.45, 7) is 5.04. The van der Waals surface area contributed by atoms with Gasteiger partial charge in [-0.25, -0.2) is 9.38 Å². The molecule has 0 fully saturated rings. The zero-order chi connectivity index (χ0) is 24.6. The Bertz CT molecular complexity index is 1160. The molecule has 0 saturated heterocycles. The van der Waals surface area contributed by atoms with Gasteiger partial charge >= 0.3 is 0 Å². The van der Waals surface area contributed by atoms with E-state index in [9.17, 15) is 4.79 Å². The van der Waals surface area contributed by atoms with Crippen LogP contribution in [0, 0.1) is 7.14 Å². The standard InChI is InChI=1S/C27H29FI2N4O/c1-2-12-27(28)17-31-26-33(15-20-5-9-22(30)10-6-20)25(35)23-16-32(13-11-24(23)34(26)18-27)14-19-3-7-21(29)8-4-19/h3-10H,2,11-18H2,1H3. The monoisotopic (exact) mass is 698 g/mol. The SMILES string of the molecule is CCCC1(F)CN=C2N(Cc3ccc(I)cc3)C(=O)C3=C(CCN(Cc4ccc(I)cc4)C3)N2C1. The summed E-state index contributed by atoms with van der Waals surface area (Å²) in [5, 5.41) is 0. The van der Waals surface area contributed by atoms with Gasteiger partial charge in [-0.05, 0) is 87.0 Å². The first kappa shape index (κ1) is 25.1. The number of aliphatic imine (C=N–C) groups is 1. The zero-order valence-corrected chi connectivity index (χ0v) is 24.1. The highest BCUT2D eigenvalue weighted by Crippen LogP contribution is 2.36. The summed E-state index contributed by atoms with van der Waals surface area (Å²) in [5.41, 5.74) is 2.67. The summed E-state index contributed by atoms with van der Waals surface area (Å²) >= 11 is 4.60. The topological polar surface area (TPSA) is 39.2 Å². The Kier molecular flexibility index (Phi) is 7.50. The van der Waals surface area contributed by atoms with Crippen molar-refractivity contribution in [3.05, 3.63) is 78.1 Å². The first-order valence-corrected chi connectivity index (χ1v) is 14.3. The van der Waals surface area contributed by atoms with Crippen LogP contribution in [0.15, 0.2) is 64.8 Å². The Morgan fingerprint density at radius 3 is 2.26 bits per heavy atom. The van der Waals surface area contributed by atoms with E-state index in [1.807, 2.05) is 36.1 Å². The minimum absolute atomic E-state index is 0.00251. The third kappa shape index (κ3) is 5.44. The van der Waals surface area contributed by atoms with Crippen LogP contribution in [0.5, 0.6) is 0 Å². The molecule has 5 nitrogen and oxygen atoms in total. The van der Waals surface area contributed by atoms with Crippen molar-refractivity contribution in [1.29, 1.82) is 0 Å². The average Bonchev–Trinajstić information content (AvgIpc) is 2.84. The lowest BCUT2D eigenvalue weighted by Gasteiger charge is -2.48. The third-order valence-corrected chi connectivity index (χ3v) is 8.36. The summed E-state index contributed by atoms with van der Waals surface area (Å²) in [7, 11) is 0. The number of carbonyl (C=O) groups excluding carboxylic acids is 1. The lowest BCUT2D eigenvalue weighted by Crippen LogP contribution is -2.60. The number of guanidine groups is 1. The number of alkyl halides is 1. The molecule has 0 aromatic heterocycles. The molecule has 2 aromatic rings. The molecule has 5 rings (SSSR count). The molecular formula is C27H29FI2N4O. The minimum Gasteiger partial charge on any atom is -0.312 e. The van der Waals surface area contributed by atoms with Crippen molar-refractivity contribution in [2.75, 3.05) is 26.2 Å². The normalized spacial score (nSPS) is 22.7. The van der Waals surface area contributed by atoms with Gasteiger partial charge in [0, 0.05) is 38.9 Å². The van der Waals surface area contributed by atoms with Crippen molar-refractivity contribution in [3.8, 4) is 0 Å². The quantitative estimate of drug-likeness (QED) is 0.371. The van der Waals surface area contributed by atoms with E-state index < -0.39 is 5.67 Å². The summed E-state index contributed by atoms with van der Waals surface area (Å²) < 4.78 is 18.1. The van der Waals surface area contributed by atoms with E-state index in [2.05, 4.69) is 79.3 Å². The van der Waals surface area contributed by atoms with Gasteiger partial charge in [0.25, 0.3) is 5.91 Å². The van der Waals surface area contributed by atoms with E-state index in [4.69, 9.17) is 0 Å². The minimum atomic E-state index is -1.36. The number of halogens is 3. The number of amides is 1. The molecule has 0 bridgehead atoms. The molecule has 184 valence electrons. The number of carbonyl (C=O) groups is 1. The number of benzene rings is 2. The van der Waals surface area contributed by atoms with Crippen molar-refractivity contribution >= 4 is 57.0 Å². The van der Waals surface area contributed by atoms with Gasteiger partial charge in [0.15, 0.2) is 0 Å². The summed E-state index contributed by atoms with van der Waals surface area (Å²) in [5.74, 6) is 0.616. The van der Waals surface area contributed by atoms with E-state index in [1.54, 1.807) is 4.90 Å². The van der Waals surface area contributed by atoms with Crippen molar-refractivity contribution < 1.29 is 9.18 Å². The molecule has 1 amide bonds. The van der Waals surface area contributed by atoms with Gasteiger partial charge in [0.2, 0.25) is 5.96 Å². The smallest absolute Gasteiger partial charge is 0.259 e. The summed E-state index contributed by atoms with van der Waals surface area (Å²) in [6, 6.07) is 16.7. The van der Waals surface area contributed by atoms with Gasteiger partial charge in [0.05, 0.1) is 25.2 Å². The number of nitrogens with zero attached hydrogens (tertiary/aromatic N) is 4. The predicted octanol–water partition coefficient (Wildman–Crippen LogP) is 5.58. The highest BCUT2D eigenvalue weighted by molar-refractivity contribution is 14.1. The maximum Gasteiger partial charge on any atom is 0.259 e. The predicted molar refractivity (Wildman–Crippen MR) is 154 cm³/mol. The molecule has 35 heavy (non-hydrogen) atoms. The summed E-state index contributed by atoms with van der Waals surface area (Å²) in [4.78, 5) is 24.6. The van der Waals surface area contributed by atoms with Crippen molar-refractivity contribution in [2.45, 2.75) is 44.9 Å². The van der Waals surface area contributed by atoms with Crippen LogP contribution in [0.1, 0.15) is 37.3 Å². The highest BCUT2D eigenvalue weighted by Gasteiger charge is 2.45. The van der Waals surface area contributed by atoms with Crippen LogP contribution in [-0.4, -0.2) is 58.4 Å². The van der Waals surface area contributed by atoms with E-state index in [1.165, 1.54) is 9.13 Å². The maximum atomic E-state index is 15.7. The van der Waals surface area contributed by atoms with Crippen molar-refractivity contribution in [2.24, 2.45) is 4.99 Å². The van der Waals surface area contributed by atoms with Crippen LogP contribution in [0.4, 0.5) is 4.39 Å². The van der Waals surface area contributed by atoms with Crippen LogP contribution >= 0.6 is 45.2 Å². The van der Waals surface area contributed by atoms with Crippen molar-refractivity contribution in [3.63, 3.8) is 0 Å². The van der Waals surface area contributed by atoms with Crippen molar-refractivity contribution in [1.82, 2.24) is 14.7 Å². The second-order valence-corrected chi connectivity index (χ2v) is 12.1. The molecular weight excluding hydrogens is 669 g/mol. The lowest BCUT2D eigenvalue weighted by molar-refractivity contribution is -0.126. The molecule has 1 unspecified atom stereocenters. The van der Waals surface area contributed by atoms with Crippen LogP contribution < -0.4 is 0 Å².